The molecule has 4 nitrogen and oxygen atoms in total. The average molecular weight is 257 g/mol. The lowest BCUT2D eigenvalue weighted by Crippen LogP contribution is -2.41. The Bertz CT molecular complexity index is 377. The normalized spacial score (nSPS) is 13.9. The Labute approximate surface area is 106 Å². The van der Waals surface area contributed by atoms with E-state index in [1.807, 2.05) is 6.92 Å². The summed E-state index contributed by atoms with van der Waals surface area (Å²) in [6.07, 6.45) is 0.578. The molecule has 5 heteroatoms. The number of anilines is 1. The van der Waals surface area contributed by atoms with Crippen LogP contribution in [0.3, 0.4) is 0 Å². The van der Waals surface area contributed by atoms with Crippen molar-refractivity contribution in [1.82, 2.24) is 5.32 Å². The lowest BCUT2D eigenvalue weighted by molar-refractivity contribution is 0.0587. The minimum atomic E-state index is -0.878. The van der Waals surface area contributed by atoms with Crippen LogP contribution in [0.2, 0.25) is 5.02 Å². The van der Waals surface area contributed by atoms with Crippen LogP contribution in [0, 0.1) is 0 Å². The zero-order valence-corrected chi connectivity index (χ0v) is 10.7. The number of carbonyl (C=O) groups is 1. The third kappa shape index (κ3) is 5.06. The Morgan fingerprint density at radius 1 is 1.41 bits per heavy atom. The average Bonchev–Trinajstić information content (AvgIpc) is 2.30. The molecule has 0 fully saturated rings. The number of nitrogens with one attached hydrogen (secondary N) is 2. The maximum atomic E-state index is 11.5. The summed E-state index contributed by atoms with van der Waals surface area (Å²) in [4.78, 5) is 11.5. The quantitative estimate of drug-likeness (QED) is 0.776. The Kier molecular flexibility index (Phi) is 4.78. The lowest BCUT2D eigenvalue weighted by atomic mass is 10.0. The van der Waals surface area contributed by atoms with E-state index in [1.54, 1.807) is 31.2 Å². The molecule has 1 rings (SSSR count). The van der Waals surface area contributed by atoms with Gasteiger partial charge in [-0.1, -0.05) is 18.5 Å². The summed E-state index contributed by atoms with van der Waals surface area (Å²) in [6.45, 7) is 3.75. The van der Waals surface area contributed by atoms with Crippen LogP contribution in [-0.4, -0.2) is 23.3 Å². The summed E-state index contributed by atoms with van der Waals surface area (Å²) in [5.74, 6) is 0. The van der Waals surface area contributed by atoms with Crippen molar-refractivity contribution in [1.29, 1.82) is 0 Å². The smallest absolute Gasteiger partial charge is 0.319 e. The summed E-state index contributed by atoms with van der Waals surface area (Å²) < 4.78 is 0. The molecule has 0 spiro atoms. The first-order chi connectivity index (χ1) is 7.93. The minimum Gasteiger partial charge on any atom is -0.388 e. The number of amides is 2. The second-order valence-corrected chi connectivity index (χ2v) is 4.60. The van der Waals surface area contributed by atoms with E-state index in [0.717, 1.165) is 0 Å². The summed E-state index contributed by atoms with van der Waals surface area (Å²) in [5, 5.41) is 15.6. The molecular formula is C12H17ClN2O2. The number of hydrogen-bond acceptors (Lipinski definition) is 2. The van der Waals surface area contributed by atoms with Crippen molar-refractivity contribution < 1.29 is 9.90 Å². The van der Waals surface area contributed by atoms with Gasteiger partial charge >= 0.3 is 6.03 Å². The highest BCUT2D eigenvalue weighted by atomic mass is 35.5. The van der Waals surface area contributed by atoms with Crippen molar-refractivity contribution in [2.75, 3.05) is 11.9 Å². The van der Waals surface area contributed by atoms with Gasteiger partial charge in [0.2, 0.25) is 0 Å². The van der Waals surface area contributed by atoms with Gasteiger partial charge in [-0.05, 0) is 37.6 Å². The van der Waals surface area contributed by atoms with Gasteiger partial charge in [0.15, 0.2) is 0 Å². The molecule has 1 atom stereocenters. The maximum absolute atomic E-state index is 11.5. The highest BCUT2D eigenvalue weighted by Gasteiger charge is 2.18. The van der Waals surface area contributed by atoms with Crippen LogP contribution >= 0.6 is 11.6 Å². The lowest BCUT2D eigenvalue weighted by Gasteiger charge is -2.21. The van der Waals surface area contributed by atoms with Gasteiger partial charge in [0.25, 0.3) is 0 Å². The molecule has 0 heterocycles. The fourth-order valence-corrected chi connectivity index (χ4v) is 1.23. The van der Waals surface area contributed by atoms with E-state index in [4.69, 9.17) is 11.6 Å². The highest BCUT2D eigenvalue weighted by molar-refractivity contribution is 6.30. The van der Waals surface area contributed by atoms with Crippen molar-refractivity contribution in [3.63, 3.8) is 0 Å². The number of hydrogen-bond donors (Lipinski definition) is 3. The fraction of sp³-hybridized carbons (Fsp3) is 0.417. The molecule has 0 bridgehead atoms. The summed E-state index contributed by atoms with van der Waals surface area (Å²) >= 11 is 5.73. The van der Waals surface area contributed by atoms with Crippen LogP contribution in [0.4, 0.5) is 10.5 Å². The molecule has 1 aromatic carbocycles. The molecule has 1 unspecified atom stereocenters. The van der Waals surface area contributed by atoms with Gasteiger partial charge in [0.05, 0.1) is 5.60 Å². The van der Waals surface area contributed by atoms with Crippen LogP contribution in [-0.2, 0) is 0 Å². The number of benzene rings is 1. The number of carbonyl (C=O) groups excluding carboxylic acids is 1. The van der Waals surface area contributed by atoms with Crippen molar-refractivity contribution >= 4 is 23.3 Å². The van der Waals surface area contributed by atoms with E-state index in [1.165, 1.54) is 0 Å². The molecule has 0 aliphatic carbocycles. The van der Waals surface area contributed by atoms with E-state index in [-0.39, 0.29) is 12.6 Å². The van der Waals surface area contributed by atoms with Gasteiger partial charge < -0.3 is 15.7 Å². The minimum absolute atomic E-state index is 0.211. The number of aliphatic hydroxyl groups is 1. The molecule has 0 saturated heterocycles. The molecule has 2 amide bonds. The molecule has 17 heavy (non-hydrogen) atoms. The van der Waals surface area contributed by atoms with Crippen LogP contribution in [0.1, 0.15) is 20.3 Å². The molecule has 0 saturated carbocycles. The number of rotatable bonds is 4. The SMILES string of the molecule is CCC(C)(O)CNC(=O)Nc1ccc(Cl)cc1. The first kappa shape index (κ1) is 13.8. The Hall–Kier alpha value is -1.26. The number of urea groups is 1. The van der Waals surface area contributed by atoms with Crippen molar-refractivity contribution in [3.8, 4) is 0 Å². The molecule has 3 N–H and O–H groups in total. The van der Waals surface area contributed by atoms with Crippen molar-refractivity contribution in [2.24, 2.45) is 0 Å². The van der Waals surface area contributed by atoms with E-state index in [0.29, 0.717) is 17.1 Å². The van der Waals surface area contributed by atoms with Gasteiger partial charge in [0, 0.05) is 17.3 Å². The zero-order valence-electron chi connectivity index (χ0n) is 9.96. The molecular weight excluding hydrogens is 240 g/mol. The van der Waals surface area contributed by atoms with Gasteiger partial charge in [-0.3, -0.25) is 0 Å². The Morgan fingerprint density at radius 2 is 2.00 bits per heavy atom. The van der Waals surface area contributed by atoms with E-state index >= 15 is 0 Å². The summed E-state index contributed by atoms with van der Waals surface area (Å²) in [6, 6.07) is 6.46. The monoisotopic (exact) mass is 256 g/mol. The van der Waals surface area contributed by atoms with Crippen molar-refractivity contribution in [2.45, 2.75) is 25.9 Å². The molecule has 0 aliphatic rings. The summed E-state index contributed by atoms with van der Waals surface area (Å²) in [5.41, 5.74) is -0.222. The molecule has 94 valence electrons. The predicted molar refractivity (Wildman–Crippen MR) is 69.4 cm³/mol. The van der Waals surface area contributed by atoms with Crippen molar-refractivity contribution in [3.05, 3.63) is 29.3 Å². The van der Waals surface area contributed by atoms with Gasteiger partial charge in [-0.25, -0.2) is 4.79 Å². The molecule has 0 aliphatic heterocycles. The third-order valence-corrected chi connectivity index (χ3v) is 2.75. The highest BCUT2D eigenvalue weighted by Crippen LogP contribution is 2.13. The second kappa shape index (κ2) is 5.89. The predicted octanol–water partition coefficient (Wildman–Crippen LogP) is 2.62. The zero-order chi connectivity index (χ0) is 12.9. The van der Waals surface area contributed by atoms with E-state index < -0.39 is 5.60 Å². The van der Waals surface area contributed by atoms with Crippen LogP contribution in [0.15, 0.2) is 24.3 Å². The summed E-state index contributed by atoms with van der Waals surface area (Å²) in [7, 11) is 0. The second-order valence-electron chi connectivity index (χ2n) is 4.17. The van der Waals surface area contributed by atoms with Gasteiger partial charge in [0.1, 0.15) is 0 Å². The van der Waals surface area contributed by atoms with Crippen LogP contribution < -0.4 is 10.6 Å². The Morgan fingerprint density at radius 3 is 2.53 bits per heavy atom. The first-order valence-electron chi connectivity index (χ1n) is 5.46. The van der Waals surface area contributed by atoms with Crippen LogP contribution in [0.5, 0.6) is 0 Å². The van der Waals surface area contributed by atoms with Gasteiger partial charge in [-0.15, -0.1) is 0 Å². The topological polar surface area (TPSA) is 61.4 Å². The maximum Gasteiger partial charge on any atom is 0.319 e. The first-order valence-corrected chi connectivity index (χ1v) is 5.83. The standard InChI is InChI=1S/C12H17ClN2O2/c1-3-12(2,17)8-14-11(16)15-10-6-4-9(13)5-7-10/h4-7,17H,3,8H2,1-2H3,(H2,14,15,16). The van der Waals surface area contributed by atoms with Crippen LogP contribution in [0.25, 0.3) is 0 Å². The fourth-order valence-electron chi connectivity index (χ4n) is 1.10. The van der Waals surface area contributed by atoms with E-state index in [2.05, 4.69) is 10.6 Å². The molecule has 1 aromatic rings. The Balaban J connectivity index is 2.42. The largest absolute Gasteiger partial charge is 0.388 e. The third-order valence-electron chi connectivity index (χ3n) is 2.49. The van der Waals surface area contributed by atoms with Gasteiger partial charge in [-0.2, -0.15) is 0 Å². The van der Waals surface area contributed by atoms with E-state index in [9.17, 15) is 9.90 Å². The molecule has 0 radical (unpaired) electrons. The number of halogens is 1. The molecule has 0 aromatic heterocycles.